The average molecular weight is 331 g/mol. The number of H-pyrrole nitrogens is 1. The van der Waals surface area contributed by atoms with Crippen molar-refractivity contribution in [3.8, 4) is 0 Å². The number of benzene rings is 1. The smallest absolute Gasteiger partial charge is 0.281 e. The number of fused-ring (bicyclic) bond motifs is 1. The Bertz CT molecular complexity index is 885. The van der Waals surface area contributed by atoms with Crippen LogP contribution in [0.3, 0.4) is 0 Å². The van der Waals surface area contributed by atoms with Crippen LogP contribution in [-0.4, -0.2) is 27.7 Å². The largest absolute Gasteiger partial charge is 0.330 e. The number of para-hydroxylation sites is 1. The van der Waals surface area contributed by atoms with E-state index in [1.807, 2.05) is 6.07 Å². The van der Waals surface area contributed by atoms with Crippen molar-refractivity contribution in [2.75, 3.05) is 5.43 Å². The first kappa shape index (κ1) is 14.6. The molecule has 1 aromatic carbocycles. The maximum atomic E-state index is 12.5. The first-order valence-corrected chi connectivity index (χ1v) is 8.10. The van der Waals surface area contributed by atoms with Crippen LogP contribution in [0.2, 0.25) is 0 Å². The van der Waals surface area contributed by atoms with E-state index in [-0.39, 0.29) is 22.3 Å². The lowest BCUT2D eigenvalue weighted by Crippen LogP contribution is -2.45. The fourth-order valence-electron chi connectivity index (χ4n) is 3.01. The molecule has 7 nitrogen and oxygen atoms in total. The summed E-state index contributed by atoms with van der Waals surface area (Å²) < 4.78 is 1.28. The van der Waals surface area contributed by atoms with Gasteiger partial charge in [0, 0.05) is 6.04 Å². The minimum absolute atomic E-state index is 0.173. The van der Waals surface area contributed by atoms with Gasteiger partial charge in [-0.3, -0.25) is 20.4 Å². The number of hydrogen-bond acceptors (Lipinski definition) is 5. The second-order valence-corrected chi connectivity index (χ2v) is 6.50. The third kappa shape index (κ3) is 2.69. The van der Waals surface area contributed by atoms with Crippen LogP contribution in [0.1, 0.15) is 19.3 Å². The normalized spacial score (nSPS) is 24.0. The molecule has 1 saturated carbocycles. The molecule has 1 aliphatic carbocycles. The third-order valence-electron chi connectivity index (χ3n) is 4.47. The molecule has 4 N–H and O–H groups in total. The summed E-state index contributed by atoms with van der Waals surface area (Å²) in [6.07, 6.45) is 3.14. The SMILES string of the molecule is O=C(Nn1c(=S)[nH]c2ccccc2c1=O)C1CC(C2CC2)NN1. The Labute approximate surface area is 137 Å². The van der Waals surface area contributed by atoms with E-state index < -0.39 is 0 Å². The summed E-state index contributed by atoms with van der Waals surface area (Å²) in [5, 5.41) is 0.481. The summed E-state index contributed by atoms with van der Waals surface area (Å²) in [5.74, 6) is 0.393. The third-order valence-corrected chi connectivity index (χ3v) is 4.75. The molecule has 0 bridgehead atoms. The van der Waals surface area contributed by atoms with Gasteiger partial charge in [-0.25, -0.2) is 5.43 Å². The first-order chi connectivity index (χ1) is 11.1. The maximum Gasteiger partial charge on any atom is 0.281 e. The van der Waals surface area contributed by atoms with E-state index in [2.05, 4.69) is 21.3 Å². The molecule has 2 atom stereocenters. The molecular formula is C15H17N5O2S. The monoisotopic (exact) mass is 331 g/mol. The zero-order valence-corrected chi connectivity index (χ0v) is 13.2. The summed E-state index contributed by atoms with van der Waals surface area (Å²) in [5.41, 5.74) is 9.11. The highest BCUT2D eigenvalue weighted by molar-refractivity contribution is 7.71. The minimum atomic E-state index is -0.367. The fraction of sp³-hybridized carbons (Fsp3) is 0.400. The molecule has 1 amide bonds. The van der Waals surface area contributed by atoms with E-state index in [0.29, 0.717) is 22.9 Å². The van der Waals surface area contributed by atoms with Crippen LogP contribution in [0.4, 0.5) is 0 Å². The lowest BCUT2D eigenvalue weighted by molar-refractivity contribution is -0.118. The Morgan fingerprint density at radius 3 is 2.83 bits per heavy atom. The van der Waals surface area contributed by atoms with Gasteiger partial charge >= 0.3 is 0 Å². The molecule has 2 fully saturated rings. The Kier molecular flexibility index (Phi) is 3.51. The molecule has 2 aromatic rings. The van der Waals surface area contributed by atoms with Crippen LogP contribution in [0.15, 0.2) is 29.1 Å². The van der Waals surface area contributed by atoms with E-state index in [4.69, 9.17) is 12.2 Å². The minimum Gasteiger partial charge on any atom is -0.330 e. The van der Waals surface area contributed by atoms with Crippen LogP contribution in [0.25, 0.3) is 10.9 Å². The number of hydrogen-bond donors (Lipinski definition) is 4. The van der Waals surface area contributed by atoms with Gasteiger partial charge in [-0.1, -0.05) is 12.1 Å². The highest BCUT2D eigenvalue weighted by Crippen LogP contribution is 2.35. The van der Waals surface area contributed by atoms with Gasteiger partial charge in [-0.2, -0.15) is 4.68 Å². The molecule has 0 radical (unpaired) electrons. The Morgan fingerprint density at radius 1 is 1.26 bits per heavy atom. The summed E-state index contributed by atoms with van der Waals surface area (Å²) in [6.45, 7) is 0. The van der Waals surface area contributed by atoms with Crippen LogP contribution >= 0.6 is 12.2 Å². The molecule has 120 valence electrons. The molecule has 2 unspecified atom stereocenters. The predicted molar refractivity (Wildman–Crippen MR) is 88.9 cm³/mol. The fourth-order valence-corrected chi connectivity index (χ4v) is 3.25. The quantitative estimate of drug-likeness (QED) is 0.624. The van der Waals surface area contributed by atoms with Gasteiger partial charge in [-0.15, -0.1) is 0 Å². The molecule has 2 heterocycles. The van der Waals surface area contributed by atoms with Crippen molar-refractivity contribution in [2.45, 2.75) is 31.3 Å². The van der Waals surface area contributed by atoms with Gasteiger partial charge in [0.05, 0.1) is 10.9 Å². The van der Waals surface area contributed by atoms with Gasteiger partial charge in [0.25, 0.3) is 11.5 Å². The van der Waals surface area contributed by atoms with Crippen molar-refractivity contribution >= 4 is 29.0 Å². The lowest BCUT2D eigenvalue weighted by Gasteiger charge is -2.13. The lowest BCUT2D eigenvalue weighted by atomic mass is 10.1. The van der Waals surface area contributed by atoms with E-state index in [1.165, 1.54) is 12.8 Å². The Hall–Kier alpha value is -2.03. The number of hydrazine groups is 1. The molecule has 1 aromatic heterocycles. The number of carbonyl (C=O) groups is 1. The van der Waals surface area contributed by atoms with E-state index in [0.717, 1.165) is 11.1 Å². The van der Waals surface area contributed by atoms with E-state index in [1.54, 1.807) is 18.2 Å². The van der Waals surface area contributed by atoms with Crippen molar-refractivity contribution in [3.63, 3.8) is 0 Å². The zero-order valence-electron chi connectivity index (χ0n) is 12.3. The molecule has 1 aliphatic heterocycles. The Balaban J connectivity index is 1.59. The molecule has 8 heteroatoms. The zero-order chi connectivity index (χ0) is 16.0. The average Bonchev–Trinajstić information content (AvgIpc) is 3.28. The summed E-state index contributed by atoms with van der Waals surface area (Å²) in [4.78, 5) is 27.9. The summed E-state index contributed by atoms with van der Waals surface area (Å²) in [7, 11) is 0. The van der Waals surface area contributed by atoms with Gasteiger partial charge in [0.15, 0.2) is 4.77 Å². The van der Waals surface area contributed by atoms with Gasteiger partial charge in [0.1, 0.15) is 6.04 Å². The summed E-state index contributed by atoms with van der Waals surface area (Å²) >= 11 is 5.19. The van der Waals surface area contributed by atoms with Crippen molar-refractivity contribution in [1.82, 2.24) is 20.5 Å². The maximum absolute atomic E-state index is 12.5. The van der Waals surface area contributed by atoms with Gasteiger partial charge in [-0.05, 0) is 49.5 Å². The van der Waals surface area contributed by atoms with Gasteiger partial charge in [0.2, 0.25) is 0 Å². The van der Waals surface area contributed by atoms with Crippen molar-refractivity contribution < 1.29 is 4.79 Å². The second kappa shape index (κ2) is 5.55. The highest BCUT2D eigenvalue weighted by atomic mass is 32.1. The Morgan fingerprint density at radius 2 is 2.04 bits per heavy atom. The molecule has 2 aliphatic rings. The van der Waals surface area contributed by atoms with Crippen LogP contribution in [0, 0.1) is 10.7 Å². The topological polar surface area (TPSA) is 91.0 Å². The number of aromatic nitrogens is 2. The van der Waals surface area contributed by atoms with Crippen molar-refractivity contribution in [1.29, 1.82) is 0 Å². The van der Waals surface area contributed by atoms with E-state index in [9.17, 15) is 9.59 Å². The van der Waals surface area contributed by atoms with Crippen LogP contribution < -0.4 is 21.8 Å². The van der Waals surface area contributed by atoms with Gasteiger partial charge < -0.3 is 4.98 Å². The summed E-state index contributed by atoms with van der Waals surface area (Å²) in [6, 6.07) is 7.03. The molecule has 1 saturated heterocycles. The first-order valence-electron chi connectivity index (χ1n) is 7.69. The second-order valence-electron chi connectivity index (χ2n) is 6.11. The van der Waals surface area contributed by atoms with Crippen molar-refractivity contribution in [3.05, 3.63) is 39.4 Å². The number of nitrogens with one attached hydrogen (secondary N) is 4. The number of amides is 1. The highest BCUT2D eigenvalue weighted by Gasteiger charge is 2.38. The molecule has 4 rings (SSSR count). The van der Waals surface area contributed by atoms with Crippen LogP contribution in [-0.2, 0) is 4.79 Å². The number of rotatable bonds is 3. The number of aromatic amines is 1. The van der Waals surface area contributed by atoms with Crippen molar-refractivity contribution in [2.24, 2.45) is 5.92 Å². The number of carbonyl (C=O) groups excluding carboxylic acids is 1. The standard InChI is InChI=1S/C15H17N5O2S/c21-13(12-7-11(17-18-12)8-5-6-8)19-20-14(22)9-3-1-2-4-10(9)16-15(20)23/h1-4,8,11-12,17-18H,5-7H2,(H,16,23)(H,19,21). The predicted octanol–water partition coefficient (Wildman–Crippen LogP) is 0.774. The molecule has 0 spiro atoms. The number of nitrogens with zero attached hydrogens (tertiary/aromatic N) is 1. The van der Waals surface area contributed by atoms with E-state index >= 15 is 0 Å². The molecule has 23 heavy (non-hydrogen) atoms. The molecular weight excluding hydrogens is 314 g/mol. The van der Waals surface area contributed by atoms with Crippen LogP contribution in [0.5, 0.6) is 0 Å².